The van der Waals surface area contributed by atoms with Crippen LogP contribution in [0.3, 0.4) is 0 Å². The Morgan fingerprint density at radius 1 is 1.17 bits per heavy atom. The zero-order chi connectivity index (χ0) is 16.5. The number of benzene rings is 1. The number of pyridine rings is 1. The molecule has 1 unspecified atom stereocenters. The van der Waals surface area contributed by atoms with Crippen LogP contribution in [-0.4, -0.2) is 34.8 Å². The van der Waals surface area contributed by atoms with Crippen LogP contribution in [0.25, 0.3) is 0 Å². The maximum Gasteiger partial charge on any atom is 0.276 e. The van der Waals surface area contributed by atoms with E-state index < -0.39 is 0 Å². The minimum Gasteiger partial charge on any atom is -0.483 e. The van der Waals surface area contributed by atoms with Gasteiger partial charge in [0.2, 0.25) is 5.43 Å². The zero-order valence-corrected chi connectivity index (χ0v) is 13.2. The van der Waals surface area contributed by atoms with Crippen LogP contribution in [0.2, 0.25) is 0 Å². The lowest BCUT2D eigenvalue weighted by Gasteiger charge is -2.40. The normalized spacial score (nSPS) is 19.6. The van der Waals surface area contributed by atoms with Gasteiger partial charge >= 0.3 is 0 Å². The first-order valence-electron chi connectivity index (χ1n) is 8.07. The summed E-state index contributed by atoms with van der Waals surface area (Å²) in [4.78, 5) is 26.8. The summed E-state index contributed by atoms with van der Waals surface area (Å²) < 4.78 is 13.2. The van der Waals surface area contributed by atoms with Crippen molar-refractivity contribution in [2.45, 2.75) is 25.8 Å². The Morgan fingerprint density at radius 3 is 2.83 bits per heavy atom. The molecule has 2 aromatic rings. The summed E-state index contributed by atoms with van der Waals surface area (Å²) in [5.74, 6) is -0.0814. The van der Waals surface area contributed by atoms with E-state index in [0.717, 1.165) is 12.0 Å². The summed E-state index contributed by atoms with van der Waals surface area (Å²) in [6.07, 6.45) is 2.18. The van der Waals surface area contributed by atoms with Crippen molar-refractivity contribution in [2.75, 3.05) is 13.2 Å². The van der Waals surface area contributed by atoms with E-state index in [1.54, 1.807) is 15.7 Å². The number of carbonyl (C=O) groups excluding carboxylic acids is 1. The highest BCUT2D eigenvalue weighted by molar-refractivity contribution is 5.96. The molecule has 0 N–H and O–H groups in total. The van der Waals surface area contributed by atoms with Crippen molar-refractivity contribution in [1.82, 2.24) is 9.47 Å². The zero-order valence-electron chi connectivity index (χ0n) is 13.2. The van der Waals surface area contributed by atoms with Crippen LogP contribution in [0, 0.1) is 0 Å². The first-order chi connectivity index (χ1) is 11.7. The minimum atomic E-state index is -0.276. The van der Waals surface area contributed by atoms with Crippen LogP contribution in [0.5, 0.6) is 5.75 Å². The predicted octanol–water partition coefficient (Wildman–Crippen LogP) is 1.63. The molecule has 6 heteroatoms. The number of rotatable bonds is 3. The van der Waals surface area contributed by atoms with Gasteiger partial charge in [-0.2, -0.15) is 0 Å². The fourth-order valence-electron chi connectivity index (χ4n) is 3.17. The topological polar surface area (TPSA) is 60.8 Å². The molecule has 124 valence electrons. The average molecular weight is 326 g/mol. The summed E-state index contributed by atoms with van der Waals surface area (Å²) in [6.45, 7) is 2.06. The first kappa shape index (κ1) is 15.0. The van der Waals surface area contributed by atoms with Crippen molar-refractivity contribution in [2.24, 2.45) is 0 Å². The lowest BCUT2D eigenvalue weighted by Crippen LogP contribution is -2.53. The Labute approximate surface area is 139 Å². The monoisotopic (exact) mass is 326 g/mol. The Kier molecular flexibility index (Phi) is 3.82. The first-order valence-corrected chi connectivity index (χ1v) is 8.07. The van der Waals surface area contributed by atoms with Crippen molar-refractivity contribution in [3.05, 3.63) is 64.1 Å². The summed E-state index contributed by atoms with van der Waals surface area (Å²) in [5, 5.41) is 0. The Hall–Kier alpha value is -2.60. The molecule has 0 aliphatic carbocycles. The van der Waals surface area contributed by atoms with E-state index in [2.05, 4.69) is 0 Å². The second kappa shape index (κ2) is 6.13. The lowest BCUT2D eigenvalue weighted by atomic mass is 10.1. The molecule has 1 aromatic heterocycles. The molecule has 24 heavy (non-hydrogen) atoms. The fraction of sp³-hybridized carbons (Fsp3) is 0.333. The third-order valence-electron chi connectivity index (χ3n) is 4.38. The Balaban J connectivity index is 1.68. The van der Waals surface area contributed by atoms with E-state index in [1.807, 2.05) is 30.3 Å². The molecule has 0 bridgehead atoms. The molecule has 1 atom stereocenters. The van der Waals surface area contributed by atoms with E-state index >= 15 is 0 Å². The molecule has 1 aromatic carbocycles. The van der Waals surface area contributed by atoms with Crippen molar-refractivity contribution < 1.29 is 14.3 Å². The lowest BCUT2D eigenvalue weighted by molar-refractivity contribution is -0.0920. The van der Waals surface area contributed by atoms with Gasteiger partial charge in [0.25, 0.3) is 5.91 Å². The van der Waals surface area contributed by atoms with Gasteiger partial charge in [0.05, 0.1) is 13.2 Å². The van der Waals surface area contributed by atoms with E-state index in [-0.39, 0.29) is 29.9 Å². The number of nitrogens with zero attached hydrogens (tertiary/aromatic N) is 2. The Bertz CT molecular complexity index is 816. The van der Waals surface area contributed by atoms with E-state index in [1.165, 1.54) is 6.07 Å². The van der Waals surface area contributed by atoms with Gasteiger partial charge in [-0.05, 0) is 12.0 Å². The maximum absolute atomic E-state index is 12.8. The molecule has 0 saturated carbocycles. The molecule has 1 amide bonds. The number of ether oxygens (including phenoxy) is 2. The predicted molar refractivity (Wildman–Crippen MR) is 86.9 cm³/mol. The second-order valence-corrected chi connectivity index (χ2v) is 5.96. The summed E-state index contributed by atoms with van der Waals surface area (Å²) in [6, 6.07) is 11.0. The van der Waals surface area contributed by atoms with Crippen molar-refractivity contribution in [3.8, 4) is 5.75 Å². The molecule has 2 aliphatic heterocycles. The molecule has 3 heterocycles. The fourth-order valence-corrected chi connectivity index (χ4v) is 3.17. The summed E-state index contributed by atoms with van der Waals surface area (Å²) in [7, 11) is 0. The van der Waals surface area contributed by atoms with Gasteiger partial charge in [-0.3, -0.25) is 9.59 Å². The molecule has 4 rings (SSSR count). The van der Waals surface area contributed by atoms with Gasteiger partial charge in [0.15, 0.2) is 17.7 Å². The van der Waals surface area contributed by atoms with Crippen molar-refractivity contribution in [1.29, 1.82) is 0 Å². The van der Waals surface area contributed by atoms with Crippen LogP contribution in [0.15, 0.2) is 47.4 Å². The summed E-state index contributed by atoms with van der Waals surface area (Å²) in [5.41, 5.74) is 0.990. The van der Waals surface area contributed by atoms with Crippen LogP contribution in [-0.2, 0) is 17.9 Å². The molecular formula is C18H18N2O4. The number of hydrogen-bond donors (Lipinski definition) is 0. The minimum absolute atomic E-state index is 0.121. The number of hydrogen-bond acceptors (Lipinski definition) is 4. The number of fused-ring (bicyclic) bond motifs is 2. The molecular weight excluding hydrogens is 308 g/mol. The average Bonchev–Trinajstić information content (AvgIpc) is 2.62. The van der Waals surface area contributed by atoms with E-state index in [4.69, 9.17) is 9.47 Å². The largest absolute Gasteiger partial charge is 0.483 e. The van der Waals surface area contributed by atoms with Gasteiger partial charge in [-0.25, -0.2) is 0 Å². The van der Waals surface area contributed by atoms with Crippen LogP contribution in [0.4, 0.5) is 0 Å². The van der Waals surface area contributed by atoms with Gasteiger partial charge in [-0.15, -0.1) is 0 Å². The van der Waals surface area contributed by atoms with Crippen molar-refractivity contribution >= 4 is 5.91 Å². The van der Waals surface area contributed by atoms with Gasteiger partial charge < -0.3 is 18.9 Å². The summed E-state index contributed by atoms with van der Waals surface area (Å²) >= 11 is 0. The maximum atomic E-state index is 12.8. The van der Waals surface area contributed by atoms with Gasteiger partial charge in [-0.1, -0.05) is 30.3 Å². The quantitative estimate of drug-likeness (QED) is 0.860. The second-order valence-electron chi connectivity index (χ2n) is 5.96. The van der Waals surface area contributed by atoms with E-state index in [9.17, 15) is 9.59 Å². The molecule has 1 fully saturated rings. The van der Waals surface area contributed by atoms with Crippen LogP contribution >= 0.6 is 0 Å². The third kappa shape index (κ3) is 2.59. The highest BCUT2D eigenvalue weighted by Crippen LogP contribution is 2.26. The van der Waals surface area contributed by atoms with Gasteiger partial charge in [0.1, 0.15) is 6.61 Å². The molecule has 2 aliphatic rings. The van der Waals surface area contributed by atoms with Crippen molar-refractivity contribution in [3.63, 3.8) is 0 Å². The highest BCUT2D eigenvalue weighted by Gasteiger charge is 2.37. The highest BCUT2D eigenvalue weighted by atomic mass is 16.5. The SMILES string of the molecule is O=C1c2c(OCc3ccccc3)c(=O)ccn2CC2OCCCN12. The van der Waals surface area contributed by atoms with E-state index in [0.29, 0.717) is 25.4 Å². The molecule has 6 nitrogen and oxygen atoms in total. The number of amides is 1. The Morgan fingerprint density at radius 2 is 2.00 bits per heavy atom. The van der Waals surface area contributed by atoms with Crippen LogP contribution < -0.4 is 10.2 Å². The van der Waals surface area contributed by atoms with Crippen LogP contribution in [0.1, 0.15) is 22.5 Å². The smallest absolute Gasteiger partial charge is 0.276 e. The molecule has 1 saturated heterocycles. The number of aromatic nitrogens is 1. The van der Waals surface area contributed by atoms with Gasteiger partial charge in [0, 0.05) is 18.8 Å². The number of carbonyl (C=O) groups is 1. The third-order valence-corrected chi connectivity index (χ3v) is 4.38. The molecule has 0 spiro atoms. The molecule has 0 radical (unpaired) electrons. The standard InChI is InChI=1S/C18H18N2O4/c21-14-7-9-19-11-15-20(8-4-10-23-15)18(22)16(19)17(14)24-12-13-5-2-1-3-6-13/h1-3,5-7,9,15H,4,8,10-12H2.